The Labute approximate surface area is 97.6 Å². The van der Waals surface area contributed by atoms with Crippen molar-refractivity contribution in [2.24, 2.45) is 5.92 Å². The van der Waals surface area contributed by atoms with Gasteiger partial charge in [0.25, 0.3) is 0 Å². The van der Waals surface area contributed by atoms with Gasteiger partial charge in [0.1, 0.15) is 6.26 Å². The molecule has 0 aromatic carbocycles. The second kappa shape index (κ2) is 6.04. The fraction of sp³-hybridized carbons (Fsp3) is 0.769. The molecule has 1 saturated carbocycles. The van der Waals surface area contributed by atoms with Crippen LogP contribution in [0.2, 0.25) is 0 Å². The first-order chi connectivity index (χ1) is 7.88. The Kier molecular flexibility index (Phi) is 4.40. The molecule has 0 unspecified atom stereocenters. The molecule has 90 valence electrons. The third-order valence-electron chi connectivity index (χ3n) is 3.60. The average molecular weight is 222 g/mol. The van der Waals surface area contributed by atoms with Crippen LogP contribution in [0.15, 0.2) is 17.1 Å². The van der Waals surface area contributed by atoms with Crippen LogP contribution >= 0.6 is 0 Å². The number of hydrogen-bond donors (Lipinski definition) is 1. The normalized spacial score (nSPS) is 25.8. The lowest BCUT2D eigenvalue weighted by atomic mass is 9.83. The molecule has 16 heavy (non-hydrogen) atoms. The summed E-state index contributed by atoms with van der Waals surface area (Å²) >= 11 is 0. The van der Waals surface area contributed by atoms with Crippen LogP contribution in [-0.2, 0) is 6.54 Å². The van der Waals surface area contributed by atoms with Crippen LogP contribution in [0.25, 0.3) is 0 Å². The molecule has 1 aromatic heterocycles. The second-order valence-corrected chi connectivity index (χ2v) is 4.87. The summed E-state index contributed by atoms with van der Waals surface area (Å²) in [7, 11) is 0. The minimum Gasteiger partial charge on any atom is -0.451 e. The topological polar surface area (TPSA) is 38.1 Å². The smallest absolute Gasteiger partial charge is 0.180 e. The van der Waals surface area contributed by atoms with Gasteiger partial charge in [-0.15, -0.1) is 0 Å². The zero-order valence-corrected chi connectivity index (χ0v) is 10.1. The molecule has 0 saturated heterocycles. The highest BCUT2D eigenvalue weighted by molar-refractivity contribution is 4.91. The molecule has 1 heterocycles. The third kappa shape index (κ3) is 3.34. The largest absolute Gasteiger partial charge is 0.451 e. The Hall–Kier alpha value is -0.830. The fourth-order valence-electron chi connectivity index (χ4n) is 2.64. The van der Waals surface area contributed by atoms with E-state index in [1.807, 2.05) is 0 Å². The third-order valence-corrected chi connectivity index (χ3v) is 3.60. The van der Waals surface area contributed by atoms with Crippen molar-refractivity contribution >= 4 is 0 Å². The van der Waals surface area contributed by atoms with E-state index in [1.165, 1.54) is 44.9 Å². The van der Waals surface area contributed by atoms with Gasteiger partial charge < -0.3 is 9.73 Å². The Balaban J connectivity index is 1.65. The monoisotopic (exact) mass is 222 g/mol. The standard InChI is InChI=1S/C13H22N2O/c1-2-3-11-4-6-12(7-5-11)14-8-13-9-16-10-15-13/h9-12,14H,2-8H2,1H3. The van der Waals surface area contributed by atoms with E-state index in [1.54, 1.807) is 6.26 Å². The van der Waals surface area contributed by atoms with Crippen molar-refractivity contribution in [1.82, 2.24) is 10.3 Å². The van der Waals surface area contributed by atoms with Crippen LogP contribution in [0, 0.1) is 5.92 Å². The Morgan fingerprint density at radius 3 is 2.81 bits per heavy atom. The molecule has 0 amide bonds. The maximum Gasteiger partial charge on any atom is 0.180 e. The van der Waals surface area contributed by atoms with E-state index in [9.17, 15) is 0 Å². The first kappa shape index (κ1) is 11.6. The highest BCUT2D eigenvalue weighted by Gasteiger charge is 2.19. The van der Waals surface area contributed by atoms with Gasteiger partial charge >= 0.3 is 0 Å². The predicted molar refractivity (Wildman–Crippen MR) is 64.0 cm³/mol. The van der Waals surface area contributed by atoms with E-state index in [0.717, 1.165) is 18.2 Å². The summed E-state index contributed by atoms with van der Waals surface area (Å²) in [5.41, 5.74) is 1.01. The molecule has 0 radical (unpaired) electrons. The van der Waals surface area contributed by atoms with E-state index < -0.39 is 0 Å². The maximum absolute atomic E-state index is 4.95. The minimum absolute atomic E-state index is 0.685. The molecule has 0 spiro atoms. The SMILES string of the molecule is CCCC1CCC(NCc2cocn2)CC1. The average Bonchev–Trinajstić information content (AvgIpc) is 2.82. The summed E-state index contributed by atoms with van der Waals surface area (Å²) in [6.45, 7) is 3.13. The number of rotatable bonds is 5. The Morgan fingerprint density at radius 2 is 2.19 bits per heavy atom. The van der Waals surface area contributed by atoms with Crippen LogP contribution in [0.4, 0.5) is 0 Å². The lowest BCUT2D eigenvalue weighted by molar-refractivity contribution is 0.277. The van der Waals surface area contributed by atoms with Gasteiger partial charge in [0.05, 0.1) is 5.69 Å². The van der Waals surface area contributed by atoms with Crippen molar-refractivity contribution < 1.29 is 4.42 Å². The van der Waals surface area contributed by atoms with E-state index in [2.05, 4.69) is 17.2 Å². The first-order valence-electron chi connectivity index (χ1n) is 6.49. The lowest BCUT2D eigenvalue weighted by Gasteiger charge is -2.28. The molecule has 0 bridgehead atoms. The molecule has 0 atom stereocenters. The lowest BCUT2D eigenvalue weighted by Crippen LogP contribution is -2.32. The summed E-state index contributed by atoms with van der Waals surface area (Å²) < 4.78 is 4.95. The molecule has 2 rings (SSSR count). The quantitative estimate of drug-likeness (QED) is 0.831. The molecule has 3 nitrogen and oxygen atoms in total. The summed E-state index contributed by atoms with van der Waals surface area (Å²) in [6, 6.07) is 0.685. The van der Waals surface area contributed by atoms with Gasteiger partial charge in [0.2, 0.25) is 0 Å². The zero-order chi connectivity index (χ0) is 11.2. The van der Waals surface area contributed by atoms with E-state index in [0.29, 0.717) is 6.04 Å². The fourth-order valence-corrected chi connectivity index (χ4v) is 2.64. The first-order valence-corrected chi connectivity index (χ1v) is 6.49. The van der Waals surface area contributed by atoms with E-state index in [-0.39, 0.29) is 0 Å². The predicted octanol–water partition coefficient (Wildman–Crippen LogP) is 3.12. The van der Waals surface area contributed by atoms with Crippen molar-refractivity contribution in [3.05, 3.63) is 18.4 Å². The Morgan fingerprint density at radius 1 is 1.38 bits per heavy atom. The number of nitrogens with one attached hydrogen (secondary N) is 1. The summed E-state index contributed by atoms with van der Waals surface area (Å²) in [6.07, 6.45) is 11.4. The van der Waals surface area contributed by atoms with Crippen LogP contribution in [0.1, 0.15) is 51.1 Å². The van der Waals surface area contributed by atoms with Crippen molar-refractivity contribution in [3.63, 3.8) is 0 Å². The van der Waals surface area contributed by atoms with Crippen molar-refractivity contribution in [2.75, 3.05) is 0 Å². The van der Waals surface area contributed by atoms with Gasteiger partial charge in [-0.3, -0.25) is 0 Å². The van der Waals surface area contributed by atoms with Gasteiger partial charge in [-0.25, -0.2) is 4.98 Å². The van der Waals surface area contributed by atoms with Crippen LogP contribution in [0.3, 0.4) is 0 Å². The summed E-state index contributed by atoms with van der Waals surface area (Å²) in [5, 5.41) is 3.56. The molecular formula is C13H22N2O. The number of aromatic nitrogens is 1. The van der Waals surface area contributed by atoms with Gasteiger partial charge in [0.15, 0.2) is 6.39 Å². The van der Waals surface area contributed by atoms with Gasteiger partial charge in [0, 0.05) is 12.6 Å². The molecule has 3 heteroatoms. The zero-order valence-electron chi connectivity index (χ0n) is 10.1. The molecule has 1 aromatic rings. The van der Waals surface area contributed by atoms with Crippen molar-refractivity contribution in [2.45, 2.75) is 58.0 Å². The summed E-state index contributed by atoms with van der Waals surface area (Å²) in [5.74, 6) is 0.982. The molecule has 1 aliphatic rings. The van der Waals surface area contributed by atoms with Crippen LogP contribution in [-0.4, -0.2) is 11.0 Å². The van der Waals surface area contributed by atoms with E-state index in [4.69, 9.17) is 4.42 Å². The molecular weight excluding hydrogens is 200 g/mol. The Bertz CT molecular complexity index is 276. The number of oxazole rings is 1. The molecule has 1 aliphatic carbocycles. The molecule has 1 fully saturated rings. The highest BCUT2D eigenvalue weighted by Crippen LogP contribution is 2.27. The molecule has 0 aliphatic heterocycles. The van der Waals surface area contributed by atoms with E-state index >= 15 is 0 Å². The van der Waals surface area contributed by atoms with Gasteiger partial charge in [-0.1, -0.05) is 19.8 Å². The van der Waals surface area contributed by atoms with Crippen LogP contribution in [0.5, 0.6) is 0 Å². The molecule has 1 N–H and O–H groups in total. The maximum atomic E-state index is 4.95. The number of hydrogen-bond acceptors (Lipinski definition) is 3. The van der Waals surface area contributed by atoms with Crippen molar-refractivity contribution in [3.8, 4) is 0 Å². The van der Waals surface area contributed by atoms with Crippen molar-refractivity contribution in [1.29, 1.82) is 0 Å². The summed E-state index contributed by atoms with van der Waals surface area (Å²) in [4.78, 5) is 4.12. The highest BCUT2D eigenvalue weighted by atomic mass is 16.3. The van der Waals surface area contributed by atoms with Gasteiger partial charge in [-0.2, -0.15) is 0 Å². The number of nitrogens with zero attached hydrogens (tertiary/aromatic N) is 1. The second-order valence-electron chi connectivity index (χ2n) is 4.87. The van der Waals surface area contributed by atoms with Gasteiger partial charge in [-0.05, 0) is 31.6 Å². The van der Waals surface area contributed by atoms with Crippen LogP contribution < -0.4 is 5.32 Å². The minimum atomic E-state index is 0.685.